The molecule has 3 rings (SSSR count). The van der Waals surface area contributed by atoms with Gasteiger partial charge >= 0.3 is 6.03 Å². The van der Waals surface area contributed by atoms with Crippen LogP contribution in [0.15, 0.2) is 24.3 Å². The van der Waals surface area contributed by atoms with Gasteiger partial charge in [0.25, 0.3) is 0 Å². The van der Waals surface area contributed by atoms with E-state index in [0.29, 0.717) is 11.6 Å². The zero-order valence-electron chi connectivity index (χ0n) is 12.4. The summed E-state index contributed by atoms with van der Waals surface area (Å²) in [5.74, 6) is -0.208. The van der Waals surface area contributed by atoms with Gasteiger partial charge in [0.15, 0.2) is 0 Å². The van der Waals surface area contributed by atoms with Crippen LogP contribution in [0.2, 0.25) is 0 Å². The Morgan fingerprint density at radius 2 is 1.86 bits per heavy atom. The Kier molecular flexibility index (Phi) is 4.42. The second-order valence-electron chi connectivity index (χ2n) is 6.16. The van der Waals surface area contributed by atoms with E-state index in [0.717, 1.165) is 32.2 Å². The molecular weight excluding hydrogens is 267 g/mol. The largest absolute Gasteiger partial charge is 0.335 e. The van der Waals surface area contributed by atoms with Crippen molar-refractivity contribution in [2.45, 2.75) is 57.0 Å². The Morgan fingerprint density at radius 1 is 1.10 bits per heavy atom. The second kappa shape index (κ2) is 6.46. The lowest BCUT2D eigenvalue weighted by atomic mass is 9.96. The topological polar surface area (TPSA) is 32.3 Å². The highest BCUT2D eigenvalue weighted by atomic mass is 19.1. The van der Waals surface area contributed by atoms with Gasteiger partial charge in [-0.15, -0.1) is 0 Å². The number of amides is 2. The van der Waals surface area contributed by atoms with Gasteiger partial charge in [-0.25, -0.2) is 9.18 Å². The van der Waals surface area contributed by atoms with Gasteiger partial charge in [0.2, 0.25) is 0 Å². The molecule has 1 heterocycles. The van der Waals surface area contributed by atoms with Gasteiger partial charge in [-0.05, 0) is 31.7 Å². The molecule has 0 aromatic heterocycles. The summed E-state index contributed by atoms with van der Waals surface area (Å²) in [6.45, 7) is 0.720. The number of hydrogen-bond donors (Lipinski definition) is 1. The van der Waals surface area contributed by atoms with Crippen LogP contribution >= 0.6 is 0 Å². The van der Waals surface area contributed by atoms with E-state index in [1.54, 1.807) is 12.1 Å². The standard InChI is InChI=1S/C17H23FN2O/c18-15-10-5-4-9-14(15)16-11-6-12-20(16)17(21)19-13-7-2-1-3-8-13/h4-5,9-10,13,16H,1-3,6-8,11-12H2,(H,19,21)/t16-/m0/s1. The van der Waals surface area contributed by atoms with Crippen LogP contribution in [0.25, 0.3) is 0 Å². The summed E-state index contributed by atoms with van der Waals surface area (Å²) in [5.41, 5.74) is 0.647. The number of likely N-dealkylation sites (tertiary alicyclic amines) is 1. The molecule has 2 fully saturated rings. The first-order valence-corrected chi connectivity index (χ1v) is 8.07. The SMILES string of the molecule is O=C(NC1CCCCC1)N1CCC[C@H]1c1ccccc1F. The van der Waals surface area contributed by atoms with Gasteiger partial charge in [0.1, 0.15) is 5.82 Å². The zero-order chi connectivity index (χ0) is 14.7. The summed E-state index contributed by atoms with van der Waals surface area (Å²) in [6, 6.07) is 6.97. The molecule has 4 heteroatoms. The molecule has 1 atom stereocenters. The number of halogens is 1. The quantitative estimate of drug-likeness (QED) is 0.877. The van der Waals surface area contributed by atoms with Crippen molar-refractivity contribution in [3.63, 3.8) is 0 Å². The fourth-order valence-corrected chi connectivity index (χ4v) is 3.58. The minimum atomic E-state index is -0.208. The Bertz CT molecular complexity index is 499. The molecule has 1 aliphatic heterocycles. The van der Waals surface area contributed by atoms with Crippen LogP contribution in [0.5, 0.6) is 0 Å². The van der Waals surface area contributed by atoms with Gasteiger partial charge < -0.3 is 10.2 Å². The Morgan fingerprint density at radius 3 is 2.62 bits per heavy atom. The van der Waals surface area contributed by atoms with E-state index in [-0.39, 0.29) is 17.9 Å². The molecule has 1 saturated carbocycles. The Hall–Kier alpha value is -1.58. The van der Waals surface area contributed by atoms with Crippen molar-refractivity contribution in [1.29, 1.82) is 0 Å². The van der Waals surface area contributed by atoms with Crippen molar-refractivity contribution in [2.75, 3.05) is 6.54 Å². The second-order valence-corrected chi connectivity index (χ2v) is 6.16. The maximum absolute atomic E-state index is 14.0. The highest BCUT2D eigenvalue weighted by molar-refractivity contribution is 5.75. The molecule has 3 nitrogen and oxygen atoms in total. The predicted molar refractivity (Wildman–Crippen MR) is 80.5 cm³/mol. The van der Waals surface area contributed by atoms with Crippen LogP contribution in [0.4, 0.5) is 9.18 Å². The minimum absolute atomic E-state index is 0.0207. The third kappa shape index (κ3) is 3.20. The van der Waals surface area contributed by atoms with E-state index in [1.807, 2.05) is 11.0 Å². The molecular formula is C17H23FN2O. The Labute approximate surface area is 125 Å². The summed E-state index contributed by atoms with van der Waals surface area (Å²) >= 11 is 0. The van der Waals surface area contributed by atoms with E-state index in [4.69, 9.17) is 0 Å². The van der Waals surface area contributed by atoms with Crippen LogP contribution in [0, 0.1) is 5.82 Å². The molecule has 0 radical (unpaired) electrons. The summed E-state index contributed by atoms with van der Waals surface area (Å²) in [4.78, 5) is 14.3. The normalized spacial score (nSPS) is 23.3. The molecule has 1 aromatic rings. The van der Waals surface area contributed by atoms with Crippen molar-refractivity contribution >= 4 is 6.03 Å². The molecule has 1 aliphatic carbocycles. The Balaban J connectivity index is 1.68. The third-order valence-electron chi connectivity index (χ3n) is 4.71. The molecule has 1 N–H and O–H groups in total. The molecule has 1 saturated heterocycles. The van der Waals surface area contributed by atoms with Gasteiger partial charge in [-0.3, -0.25) is 0 Å². The zero-order valence-corrected chi connectivity index (χ0v) is 12.4. The molecule has 0 spiro atoms. The number of benzene rings is 1. The minimum Gasteiger partial charge on any atom is -0.335 e. The summed E-state index contributed by atoms with van der Waals surface area (Å²) in [5, 5.41) is 3.14. The average molecular weight is 290 g/mol. The van der Waals surface area contributed by atoms with Crippen LogP contribution in [0.3, 0.4) is 0 Å². The maximum Gasteiger partial charge on any atom is 0.318 e. The lowest BCUT2D eigenvalue weighted by molar-refractivity contribution is 0.184. The van der Waals surface area contributed by atoms with E-state index in [1.165, 1.54) is 25.3 Å². The van der Waals surface area contributed by atoms with E-state index >= 15 is 0 Å². The number of urea groups is 1. The molecule has 2 aliphatic rings. The number of carbonyl (C=O) groups is 1. The summed E-state index contributed by atoms with van der Waals surface area (Å²) in [6.07, 6.45) is 7.60. The number of rotatable bonds is 2. The van der Waals surface area contributed by atoms with Crippen molar-refractivity contribution < 1.29 is 9.18 Å². The van der Waals surface area contributed by atoms with E-state index in [2.05, 4.69) is 5.32 Å². The van der Waals surface area contributed by atoms with Crippen molar-refractivity contribution in [3.8, 4) is 0 Å². The van der Waals surface area contributed by atoms with Gasteiger partial charge in [-0.2, -0.15) is 0 Å². The predicted octanol–water partition coefficient (Wildman–Crippen LogP) is 4.00. The maximum atomic E-state index is 14.0. The fraction of sp³-hybridized carbons (Fsp3) is 0.588. The molecule has 0 unspecified atom stereocenters. The molecule has 114 valence electrons. The third-order valence-corrected chi connectivity index (χ3v) is 4.71. The molecule has 2 amide bonds. The van der Waals surface area contributed by atoms with Crippen LogP contribution in [0.1, 0.15) is 56.6 Å². The first kappa shape index (κ1) is 14.4. The smallest absolute Gasteiger partial charge is 0.318 e. The highest BCUT2D eigenvalue weighted by Gasteiger charge is 2.32. The lowest BCUT2D eigenvalue weighted by Gasteiger charge is -2.29. The first-order chi connectivity index (χ1) is 10.3. The molecule has 21 heavy (non-hydrogen) atoms. The monoisotopic (exact) mass is 290 g/mol. The van der Waals surface area contributed by atoms with Crippen LogP contribution in [-0.4, -0.2) is 23.5 Å². The number of nitrogens with one attached hydrogen (secondary N) is 1. The van der Waals surface area contributed by atoms with Crippen molar-refractivity contribution in [1.82, 2.24) is 10.2 Å². The van der Waals surface area contributed by atoms with Crippen LogP contribution < -0.4 is 5.32 Å². The molecule has 0 bridgehead atoms. The number of carbonyl (C=O) groups excluding carboxylic acids is 1. The number of nitrogens with zero attached hydrogens (tertiary/aromatic N) is 1. The first-order valence-electron chi connectivity index (χ1n) is 8.07. The number of hydrogen-bond acceptors (Lipinski definition) is 1. The molecule has 1 aromatic carbocycles. The summed E-state index contributed by atoms with van der Waals surface area (Å²) in [7, 11) is 0. The highest BCUT2D eigenvalue weighted by Crippen LogP contribution is 2.33. The fourth-order valence-electron chi connectivity index (χ4n) is 3.58. The van der Waals surface area contributed by atoms with Crippen molar-refractivity contribution in [3.05, 3.63) is 35.6 Å². The van der Waals surface area contributed by atoms with Gasteiger partial charge in [0.05, 0.1) is 6.04 Å². The van der Waals surface area contributed by atoms with Crippen molar-refractivity contribution in [2.24, 2.45) is 0 Å². The van der Waals surface area contributed by atoms with E-state index < -0.39 is 0 Å². The van der Waals surface area contributed by atoms with Crippen LogP contribution in [-0.2, 0) is 0 Å². The lowest BCUT2D eigenvalue weighted by Crippen LogP contribution is -2.45. The summed E-state index contributed by atoms with van der Waals surface area (Å²) < 4.78 is 14.0. The van der Waals surface area contributed by atoms with Gasteiger partial charge in [-0.1, -0.05) is 37.5 Å². The van der Waals surface area contributed by atoms with Gasteiger partial charge in [0, 0.05) is 18.2 Å². The van der Waals surface area contributed by atoms with E-state index in [9.17, 15) is 9.18 Å². The average Bonchev–Trinajstić information content (AvgIpc) is 2.98.